The maximum atomic E-state index is 13.9. The number of benzene rings is 2. The summed E-state index contributed by atoms with van der Waals surface area (Å²) in [6.07, 6.45) is 0.556. The van der Waals surface area contributed by atoms with Crippen molar-refractivity contribution in [3.63, 3.8) is 0 Å². The molecule has 3 rings (SSSR count). The topological polar surface area (TPSA) is 89.8 Å². The number of halogens is 1. The van der Waals surface area contributed by atoms with Crippen LogP contribution in [-0.4, -0.2) is 35.4 Å². The molecule has 0 N–H and O–H groups in total. The molecule has 1 heterocycles. The van der Waals surface area contributed by atoms with Gasteiger partial charge in [0.1, 0.15) is 0 Å². The monoisotopic (exact) mass is 386 g/mol. The average Bonchev–Trinajstić information content (AvgIpc) is 3.00. The predicted molar refractivity (Wildman–Crippen MR) is 99.0 cm³/mol. The lowest BCUT2D eigenvalue weighted by Gasteiger charge is -2.20. The summed E-state index contributed by atoms with van der Waals surface area (Å²) in [6, 6.07) is 8.81. The minimum absolute atomic E-state index is 0.207. The summed E-state index contributed by atoms with van der Waals surface area (Å²) in [5.74, 6) is -1.89. The van der Waals surface area contributed by atoms with E-state index in [1.165, 1.54) is 13.2 Å². The fourth-order valence-corrected chi connectivity index (χ4v) is 3.33. The number of carbonyl (C=O) groups excluding carboxylic acids is 2. The van der Waals surface area contributed by atoms with Crippen molar-refractivity contribution < 1.29 is 23.6 Å². The molecule has 2 aromatic rings. The molecule has 1 atom stereocenters. The second-order valence-corrected chi connectivity index (χ2v) is 6.61. The molecule has 28 heavy (non-hydrogen) atoms. The molecule has 0 aromatic heterocycles. The summed E-state index contributed by atoms with van der Waals surface area (Å²) in [5.41, 5.74) is 1.73. The van der Waals surface area contributed by atoms with Gasteiger partial charge in [-0.25, -0.2) is 0 Å². The first kappa shape index (κ1) is 19.5. The van der Waals surface area contributed by atoms with E-state index in [0.717, 1.165) is 17.7 Å². The van der Waals surface area contributed by atoms with Gasteiger partial charge in [-0.15, -0.1) is 0 Å². The van der Waals surface area contributed by atoms with E-state index in [1.54, 1.807) is 23.1 Å². The van der Waals surface area contributed by atoms with Crippen LogP contribution in [-0.2, 0) is 16.1 Å². The standard InChI is InChI=1S/C20H19FN2O5/c1-3-12(20(25)28-2)10-22-11-15-5-4-13(8-16(15)19(22)24)14-6-7-18(23(26)27)17(21)9-14/h4-9,12H,3,10-11H2,1-2H3/t12-/m0/s1. The van der Waals surface area contributed by atoms with Crippen LogP contribution in [0.5, 0.6) is 0 Å². The first-order valence-electron chi connectivity index (χ1n) is 8.80. The van der Waals surface area contributed by atoms with Crippen molar-refractivity contribution in [1.29, 1.82) is 0 Å². The molecule has 8 heteroatoms. The van der Waals surface area contributed by atoms with Gasteiger partial charge < -0.3 is 9.64 Å². The van der Waals surface area contributed by atoms with Crippen molar-refractivity contribution in [2.75, 3.05) is 13.7 Å². The number of nitrogens with zero attached hydrogens (tertiary/aromatic N) is 2. The quantitative estimate of drug-likeness (QED) is 0.430. The molecular formula is C20H19FN2O5. The van der Waals surface area contributed by atoms with Gasteiger partial charge in [-0.05, 0) is 41.3 Å². The van der Waals surface area contributed by atoms with E-state index < -0.39 is 22.3 Å². The highest BCUT2D eigenvalue weighted by molar-refractivity contribution is 5.99. The van der Waals surface area contributed by atoms with Crippen LogP contribution in [0.1, 0.15) is 29.3 Å². The molecule has 7 nitrogen and oxygen atoms in total. The molecular weight excluding hydrogens is 367 g/mol. The van der Waals surface area contributed by atoms with Crippen LogP contribution in [0.4, 0.5) is 10.1 Å². The highest BCUT2D eigenvalue weighted by atomic mass is 19.1. The van der Waals surface area contributed by atoms with Crippen LogP contribution in [0, 0.1) is 21.8 Å². The number of rotatable bonds is 6. The second-order valence-electron chi connectivity index (χ2n) is 6.61. The maximum Gasteiger partial charge on any atom is 0.310 e. The van der Waals surface area contributed by atoms with E-state index in [0.29, 0.717) is 29.7 Å². The first-order valence-corrected chi connectivity index (χ1v) is 8.80. The highest BCUT2D eigenvalue weighted by Crippen LogP contribution is 2.31. The third-order valence-electron chi connectivity index (χ3n) is 4.93. The third-order valence-corrected chi connectivity index (χ3v) is 4.93. The van der Waals surface area contributed by atoms with Gasteiger partial charge in [0.15, 0.2) is 0 Å². The lowest BCUT2D eigenvalue weighted by Crippen LogP contribution is -2.33. The number of esters is 1. The smallest absolute Gasteiger partial charge is 0.310 e. The van der Waals surface area contributed by atoms with Crippen LogP contribution in [0.2, 0.25) is 0 Å². The lowest BCUT2D eigenvalue weighted by molar-refractivity contribution is -0.387. The van der Waals surface area contributed by atoms with Crippen LogP contribution in [0.15, 0.2) is 36.4 Å². The molecule has 0 aliphatic carbocycles. The summed E-state index contributed by atoms with van der Waals surface area (Å²) in [6.45, 7) is 2.51. The molecule has 0 bridgehead atoms. The summed E-state index contributed by atoms with van der Waals surface area (Å²) >= 11 is 0. The highest BCUT2D eigenvalue weighted by Gasteiger charge is 2.31. The van der Waals surface area contributed by atoms with Gasteiger partial charge in [0.05, 0.1) is 18.0 Å². The van der Waals surface area contributed by atoms with Gasteiger partial charge in [-0.2, -0.15) is 4.39 Å². The average molecular weight is 386 g/mol. The molecule has 0 saturated heterocycles. The van der Waals surface area contributed by atoms with Gasteiger partial charge in [0.25, 0.3) is 5.91 Å². The third kappa shape index (κ3) is 3.58. The Labute approximate surface area is 160 Å². The van der Waals surface area contributed by atoms with Gasteiger partial charge in [-0.1, -0.05) is 19.1 Å². The molecule has 1 amide bonds. The largest absolute Gasteiger partial charge is 0.469 e. The number of methoxy groups -OCH3 is 1. The molecule has 0 unspecified atom stereocenters. The van der Waals surface area contributed by atoms with Gasteiger partial charge in [0, 0.05) is 24.7 Å². The molecule has 0 radical (unpaired) electrons. The summed E-state index contributed by atoms with van der Waals surface area (Å²) < 4.78 is 18.7. The van der Waals surface area contributed by atoms with Crippen molar-refractivity contribution in [2.24, 2.45) is 5.92 Å². The second kappa shape index (κ2) is 7.75. The fourth-order valence-electron chi connectivity index (χ4n) is 3.33. The Kier molecular flexibility index (Phi) is 5.39. The van der Waals surface area contributed by atoms with Gasteiger partial charge in [0.2, 0.25) is 5.82 Å². The molecule has 0 saturated carbocycles. The summed E-state index contributed by atoms with van der Waals surface area (Å²) in [5, 5.41) is 10.8. The molecule has 1 aliphatic heterocycles. The van der Waals surface area contributed by atoms with Crippen LogP contribution in [0.3, 0.4) is 0 Å². The number of nitro groups is 1. The van der Waals surface area contributed by atoms with Gasteiger partial charge >= 0.3 is 11.7 Å². The van der Waals surface area contributed by atoms with Crippen LogP contribution in [0.25, 0.3) is 11.1 Å². The van der Waals surface area contributed by atoms with Gasteiger partial charge in [-0.3, -0.25) is 19.7 Å². The number of carbonyl (C=O) groups is 2. The normalized spacial score (nSPS) is 14.0. The van der Waals surface area contributed by atoms with Crippen molar-refractivity contribution in [3.05, 3.63) is 63.5 Å². The van der Waals surface area contributed by atoms with E-state index in [-0.39, 0.29) is 18.4 Å². The zero-order chi connectivity index (χ0) is 20.4. The van der Waals surface area contributed by atoms with E-state index in [2.05, 4.69) is 0 Å². The predicted octanol–water partition coefficient (Wildman–Crippen LogP) is 3.56. The van der Waals surface area contributed by atoms with Crippen molar-refractivity contribution in [3.8, 4) is 11.1 Å². The maximum absolute atomic E-state index is 13.9. The van der Waals surface area contributed by atoms with Crippen molar-refractivity contribution >= 4 is 17.6 Å². The minimum atomic E-state index is -0.931. The van der Waals surface area contributed by atoms with E-state index in [1.807, 2.05) is 6.92 Å². The Balaban J connectivity index is 1.85. The van der Waals surface area contributed by atoms with Crippen molar-refractivity contribution in [1.82, 2.24) is 4.90 Å². The zero-order valence-electron chi connectivity index (χ0n) is 15.5. The summed E-state index contributed by atoms with van der Waals surface area (Å²) in [7, 11) is 1.32. The Morgan fingerprint density at radius 3 is 2.57 bits per heavy atom. The van der Waals surface area contributed by atoms with E-state index in [4.69, 9.17) is 4.74 Å². The molecule has 2 aromatic carbocycles. The number of nitro benzene ring substituents is 1. The number of hydrogen-bond donors (Lipinski definition) is 0. The van der Waals surface area contributed by atoms with Crippen molar-refractivity contribution in [2.45, 2.75) is 19.9 Å². The van der Waals surface area contributed by atoms with E-state index >= 15 is 0 Å². The Bertz CT molecular complexity index is 960. The number of hydrogen-bond acceptors (Lipinski definition) is 5. The van der Waals surface area contributed by atoms with Crippen LogP contribution < -0.4 is 0 Å². The zero-order valence-corrected chi connectivity index (χ0v) is 15.5. The SMILES string of the molecule is CC[C@@H](CN1Cc2ccc(-c3ccc([N+](=O)[O-])c(F)c3)cc2C1=O)C(=O)OC. The Hall–Kier alpha value is -3.29. The fraction of sp³-hybridized carbons (Fsp3) is 0.300. The number of fused-ring (bicyclic) bond motifs is 1. The Morgan fingerprint density at radius 1 is 1.29 bits per heavy atom. The number of ether oxygens (including phenoxy) is 1. The summed E-state index contributed by atoms with van der Waals surface area (Å²) in [4.78, 5) is 36.2. The molecule has 1 aliphatic rings. The van der Waals surface area contributed by atoms with Crippen LogP contribution >= 0.6 is 0 Å². The molecule has 0 spiro atoms. The minimum Gasteiger partial charge on any atom is -0.469 e. The Morgan fingerprint density at radius 2 is 1.96 bits per heavy atom. The lowest BCUT2D eigenvalue weighted by atomic mass is 10.00. The number of amides is 1. The molecule has 0 fully saturated rings. The first-order chi connectivity index (χ1) is 13.3. The van der Waals surface area contributed by atoms with E-state index in [9.17, 15) is 24.1 Å². The molecule has 146 valence electrons.